The summed E-state index contributed by atoms with van der Waals surface area (Å²) >= 11 is 0. The molecular formula is C27H31N5O4. The monoisotopic (exact) mass is 489 g/mol. The summed E-state index contributed by atoms with van der Waals surface area (Å²) in [6, 6.07) is 15.7. The highest BCUT2D eigenvalue weighted by Crippen LogP contribution is 2.32. The van der Waals surface area contributed by atoms with Gasteiger partial charge in [-0.2, -0.15) is 0 Å². The number of aromatic amines is 2. The van der Waals surface area contributed by atoms with Gasteiger partial charge in [-0.15, -0.1) is 0 Å². The van der Waals surface area contributed by atoms with Crippen LogP contribution in [0, 0.1) is 0 Å². The van der Waals surface area contributed by atoms with Gasteiger partial charge in [0.1, 0.15) is 11.6 Å². The number of aryl methyl sites for hydroxylation is 1. The van der Waals surface area contributed by atoms with Crippen LogP contribution in [0.2, 0.25) is 0 Å². The third kappa shape index (κ3) is 4.77. The number of carbonyl (C=O) groups is 1. The molecule has 2 aromatic heterocycles. The number of rotatable bonds is 9. The second kappa shape index (κ2) is 10.6. The summed E-state index contributed by atoms with van der Waals surface area (Å²) in [7, 11) is 3.14. The number of methoxy groups -OCH3 is 1. The molecule has 9 heteroatoms. The standard InChI is InChI=1S/C27H31N5O4/c1-4-5-16-32-25(28)24(26(34)30-27(32)35)31(2)22(33)15-14-20-19-8-6-7-9-21(19)29-23(20)17-10-12-18(36-3)13-11-17/h6-13,29H,4-5,14-16,28H2,1-3H3,(H,30,34,35). The van der Waals surface area contributed by atoms with Crippen LogP contribution in [0.5, 0.6) is 5.75 Å². The van der Waals surface area contributed by atoms with Crippen molar-refractivity contribution in [2.24, 2.45) is 0 Å². The first-order valence-corrected chi connectivity index (χ1v) is 12.0. The highest BCUT2D eigenvalue weighted by atomic mass is 16.5. The summed E-state index contributed by atoms with van der Waals surface area (Å²) in [5.41, 5.74) is 8.82. The molecular weight excluding hydrogens is 458 g/mol. The van der Waals surface area contributed by atoms with E-state index in [0.29, 0.717) is 13.0 Å². The van der Waals surface area contributed by atoms with Crippen molar-refractivity contribution >= 4 is 28.3 Å². The van der Waals surface area contributed by atoms with E-state index in [-0.39, 0.29) is 23.8 Å². The summed E-state index contributed by atoms with van der Waals surface area (Å²) in [6.07, 6.45) is 2.18. The molecule has 0 saturated carbocycles. The fourth-order valence-corrected chi connectivity index (χ4v) is 4.43. The highest BCUT2D eigenvalue weighted by Gasteiger charge is 2.22. The quantitative estimate of drug-likeness (QED) is 0.331. The normalized spacial score (nSPS) is 11.1. The van der Waals surface area contributed by atoms with Gasteiger partial charge >= 0.3 is 5.69 Å². The molecule has 2 heterocycles. The molecule has 1 amide bonds. The van der Waals surface area contributed by atoms with Gasteiger partial charge in [-0.25, -0.2) is 4.79 Å². The first-order valence-electron chi connectivity index (χ1n) is 12.0. The molecule has 0 aliphatic heterocycles. The number of nitrogen functional groups attached to an aromatic ring is 1. The Kier molecular flexibility index (Phi) is 7.28. The molecule has 2 aromatic carbocycles. The minimum atomic E-state index is -0.674. The highest BCUT2D eigenvalue weighted by molar-refractivity contribution is 5.96. The van der Waals surface area contributed by atoms with E-state index in [2.05, 4.69) is 9.97 Å². The minimum absolute atomic E-state index is 0.000865. The van der Waals surface area contributed by atoms with Crippen LogP contribution >= 0.6 is 0 Å². The zero-order chi connectivity index (χ0) is 25.8. The maximum atomic E-state index is 13.2. The van der Waals surface area contributed by atoms with Crippen molar-refractivity contribution in [1.29, 1.82) is 0 Å². The number of nitrogens with zero attached hydrogens (tertiary/aromatic N) is 2. The second-order valence-corrected chi connectivity index (χ2v) is 8.70. The fraction of sp³-hybridized carbons (Fsp3) is 0.296. The molecule has 4 N–H and O–H groups in total. The first kappa shape index (κ1) is 24.8. The predicted octanol–water partition coefficient (Wildman–Crippen LogP) is 3.67. The number of amides is 1. The lowest BCUT2D eigenvalue weighted by atomic mass is 10.0. The zero-order valence-corrected chi connectivity index (χ0v) is 20.8. The van der Waals surface area contributed by atoms with Gasteiger partial charge in [-0.05, 0) is 54.3 Å². The van der Waals surface area contributed by atoms with E-state index in [1.165, 1.54) is 16.5 Å². The van der Waals surface area contributed by atoms with Crippen LogP contribution in [-0.2, 0) is 17.8 Å². The molecule has 36 heavy (non-hydrogen) atoms. The molecule has 4 rings (SSSR count). The molecule has 0 unspecified atom stereocenters. The number of unbranched alkanes of at least 4 members (excludes halogenated alkanes) is 1. The Morgan fingerprint density at radius 2 is 1.81 bits per heavy atom. The average molecular weight is 490 g/mol. The van der Waals surface area contributed by atoms with Gasteiger partial charge < -0.3 is 20.4 Å². The molecule has 0 saturated heterocycles. The minimum Gasteiger partial charge on any atom is -0.497 e. The SMILES string of the molecule is CCCCn1c(N)c(N(C)C(=O)CCc2c(-c3ccc(OC)cc3)[nH]c3ccccc23)c(=O)[nH]c1=O. The summed E-state index contributed by atoms with van der Waals surface area (Å²) in [5, 5.41) is 1.03. The van der Waals surface area contributed by atoms with Crippen LogP contribution < -0.4 is 26.6 Å². The number of nitrogens with one attached hydrogen (secondary N) is 2. The van der Waals surface area contributed by atoms with E-state index in [4.69, 9.17) is 10.5 Å². The average Bonchev–Trinajstić information content (AvgIpc) is 3.25. The van der Waals surface area contributed by atoms with Crippen LogP contribution in [0.1, 0.15) is 31.7 Å². The van der Waals surface area contributed by atoms with E-state index in [1.54, 1.807) is 7.11 Å². The van der Waals surface area contributed by atoms with E-state index in [9.17, 15) is 14.4 Å². The molecule has 0 fully saturated rings. The molecule has 9 nitrogen and oxygen atoms in total. The summed E-state index contributed by atoms with van der Waals surface area (Å²) in [6.45, 7) is 2.36. The van der Waals surface area contributed by atoms with E-state index < -0.39 is 11.2 Å². The Bertz CT molecular complexity index is 1500. The summed E-state index contributed by atoms with van der Waals surface area (Å²) in [5.74, 6) is 0.481. The van der Waals surface area contributed by atoms with Crippen molar-refractivity contribution in [3.05, 3.63) is 74.9 Å². The lowest BCUT2D eigenvalue weighted by Crippen LogP contribution is -2.39. The molecule has 0 atom stereocenters. The molecule has 0 spiro atoms. The third-order valence-corrected chi connectivity index (χ3v) is 6.44. The molecule has 4 aromatic rings. The van der Waals surface area contributed by atoms with Crippen LogP contribution in [0.4, 0.5) is 11.5 Å². The number of hydrogen-bond donors (Lipinski definition) is 3. The van der Waals surface area contributed by atoms with Gasteiger partial charge in [0.2, 0.25) is 5.91 Å². The number of H-pyrrole nitrogens is 2. The Morgan fingerprint density at radius 1 is 1.08 bits per heavy atom. The molecule has 0 aliphatic rings. The van der Waals surface area contributed by atoms with E-state index >= 15 is 0 Å². The van der Waals surface area contributed by atoms with Crippen LogP contribution in [0.3, 0.4) is 0 Å². The van der Waals surface area contributed by atoms with Crippen LogP contribution in [-0.4, -0.2) is 34.6 Å². The van der Waals surface area contributed by atoms with Gasteiger partial charge in [0.05, 0.1) is 7.11 Å². The van der Waals surface area contributed by atoms with Crippen molar-refractivity contribution in [3.63, 3.8) is 0 Å². The Hall–Kier alpha value is -4.27. The topological polar surface area (TPSA) is 126 Å². The Morgan fingerprint density at radius 3 is 2.50 bits per heavy atom. The zero-order valence-electron chi connectivity index (χ0n) is 20.8. The molecule has 0 radical (unpaired) electrons. The predicted molar refractivity (Wildman–Crippen MR) is 143 cm³/mol. The van der Waals surface area contributed by atoms with Crippen molar-refractivity contribution in [1.82, 2.24) is 14.5 Å². The fourth-order valence-electron chi connectivity index (χ4n) is 4.43. The number of hydrogen-bond acceptors (Lipinski definition) is 5. The molecule has 188 valence electrons. The number of benzene rings is 2. The number of aromatic nitrogens is 3. The van der Waals surface area contributed by atoms with Crippen molar-refractivity contribution in [2.45, 2.75) is 39.2 Å². The number of ether oxygens (including phenoxy) is 1. The van der Waals surface area contributed by atoms with E-state index in [0.717, 1.165) is 46.3 Å². The summed E-state index contributed by atoms with van der Waals surface area (Å²) < 4.78 is 6.59. The number of carbonyl (C=O) groups excluding carboxylic acids is 1. The lowest BCUT2D eigenvalue weighted by Gasteiger charge is -2.20. The van der Waals surface area contributed by atoms with Crippen molar-refractivity contribution < 1.29 is 9.53 Å². The summed E-state index contributed by atoms with van der Waals surface area (Å²) in [4.78, 5) is 45.1. The second-order valence-electron chi connectivity index (χ2n) is 8.70. The first-order chi connectivity index (χ1) is 17.3. The van der Waals surface area contributed by atoms with Crippen molar-refractivity contribution in [2.75, 3.05) is 24.8 Å². The van der Waals surface area contributed by atoms with Gasteiger partial charge in [-0.1, -0.05) is 31.5 Å². The maximum absolute atomic E-state index is 13.2. The van der Waals surface area contributed by atoms with E-state index in [1.807, 2.05) is 55.5 Å². The van der Waals surface area contributed by atoms with Gasteiger partial charge in [0, 0.05) is 36.6 Å². The number of anilines is 2. The number of fused-ring (bicyclic) bond motifs is 1. The molecule has 0 aliphatic carbocycles. The third-order valence-electron chi connectivity index (χ3n) is 6.44. The number of para-hydroxylation sites is 1. The smallest absolute Gasteiger partial charge is 0.330 e. The Labute approximate surface area is 208 Å². The Balaban J connectivity index is 1.63. The van der Waals surface area contributed by atoms with Crippen LogP contribution in [0.15, 0.2) is 58.1 Å². The van der Waals surface area contributed by atoms with Gasteiger partial charge in [-0.3, -0.25) is 19.1 Å². The van der Waals surface area contributed by atoms with Crippen molar-refractivity contribution in [3.8, 4) is 17.0 Å². The van der Waals surface area contributed by atoms with Crippen LogP contribution in [0.25, 0.3) is 22.2 Å². The largest absolute Gasteiger partial charge is 0.497 e. The maximum Gasteiger partial charge on any atom is 0.330 e. The van der Waals surface area contributed by atoms with Gasteiger partial charge in [0.15, 0.2) is 5.69 Å². The van der Waals surface area contributed by atoms with Gasteiger partial charge in [0.25, 0.3) is 5.56 Å². The molecule has 0 bridgehead atoms. The number of nitrogens with two attached hydrogens (primary N) is 1. The lowest BCUT2D eigenvalue weighted by molar-refractivity contribution is -0.118.